The maximum absolute atomic E-state index is 14.6. The van der Waals surface area contributed by atoms with Gasteiger partial charge in [-0.15, -0.1) is 0 Å². The molecule has 10 heteroatoms. The number of benzene rings is 1. The third-order valence-electron chi connectivity index (χ3n) is 6.74. The van der Waals surface area contributed by atoms with Crippen LogP contribution >= 0.6 is 23.4 Å². The number of aliphatic hydroxyl groups is 1. The minimum absolute atomic E-state index is 0.0905. The Morgan fingerprint density at radius 2 is 2.05 bits per heavy atom. The van der Waals surface area contributed by atoms with Crippen LogP contribution in [0.3, 0.4) is 0 Å². The number of hydrogen-bond acceptors (Lipinski definition) is 8. The van der Waals surface area contributed by atoms with Gasteiger partial charge in [0.25, 0.3) is 0 Å². The van der Waals surface area contributed by atoms with Crippen molar-refractivity contribution in [2.24, 2.45) is 27.6 Å². The zero-order valence-corrected chi connectivity index (χ0v) is 26.0. The molecule has 1 saturated carbocycles. The fourth-order valence-corrected chi connectivity index (χ4v) is 5.41. The van der Waals surface area contributed by atoms with Gasteiger partial charge in [-0.05, 0) is 108 Å². The van der Waals surface area contributed by atoms with Crippen molar-refractivity contribution in [3.63, 3.8) is 0 Å². The van der Waals surface area contributed by atoms with E-state index in [1.165, 1.54) is 36.5 Å². The number of aliphatic hydroxyl groups excluding tert-OH is 1. The summed E-state index contributed by atoms with van der Waals surface area (Å²) in [7, 11) is 2.16. The molecule has 0 saturated heterocycles. The number of nitrogens with one attached hydrogen (secondary N) is 1. The lowest BCUT2D eigenvalue weighted by atomic mass is 9.78. The van der Waals surface area contributed by atoms with E-state index < -0.39 is 10.6 Å². The minimum atomic E-state index is -0.561. The summed E-state index contributed by atoms with van der Waals surface area (Å²) in [6.45, 7) is 10.8. The lowest BCUT2D eigenvalue weighted by molar-refractivity contribution is 0.215. The van der Waals surface area contributed by atoms with Crippen LogP contribution in [0.5, 0.6) is 0 Å². The smallest absolute Gasteiger partial charge is 0.142 e. The first kappa shape index (κ1) is 34.0. The lowest BCUT2D eigenvalue weighted by Gasteiger charge is -2.36. The molecule has 0 heterocycles. The predicted molar refractivity (Wildman–Crippen MR) is 171 cm³/mol. The number of thioether (sulfide) groups is 1. The monoisotopic (exact) mass is 592 g/mol. The highest BCUT2D eigenvalue weighted by molar-refractivity contribution is 8.16. The maximum atomic E-state index is 14.6. The molecule has 1 aromatic carbocycles. The van der Waals surface area contributed by atoms with Crippen molar-refractivity contribution in [3.05, 3.63) is 64.7 Å². The molecule has 0 amide bonds. The molecule has 0 radical (unpaired) electrons. The van der Waals surface area contributed by atoms with Crippen LogP contribution < -0.4 is 16.9 Å². The molecule has 0 aliphatic heterocycles. The molecule has 222 valence electrons. The molecule has 0 aromatic heterocycles. The number of likely N-dealkylation sites (N-methyl/N-ethyl adjacent to an activating group) is 1. The normalized spacial score (nSPS) is 19.5. The average molecular weight is 593 g/mol. The van der Waals surface area contributed by atoms with Crippen molar-refractivity contribution in [1.82, 2.24) is 10.2 Å². The second-order valence-electron chi connectivity index (χ2n) is 10.9. The number of nitrogens with two attached hydrogens (primary N) is 2. The quantitative estimate of drug-likeness (QED) is 0.0698. The standard InChI is InChI=1S/C30H46ClFN6OS/c1-6-14-38(5)15-13-35-25-17-22(18-25)7-9-24(11-12-33)36-28(29(37-34)40-30(3,4)20-39)16-21(2)26-19-23(31)8-10-27(26)32/h8-12,16,19,22,25,35,39H,6-7,13-15,17-18,20,33-34H2,1-5H3/b12-11-,21-16+,24-9+,36-28-,37-29?. The Kier molecular flexibility index (Phi) is 14.4. The topological polar surface area (TPSA) is 112 Å². The highest BCUT2D eigenvalue weighted by atomic mass is 35.5. The number of aliphatic imine (C=N–C) groups is 1. The minimum Gasteiger partial charge on any atom is -0.405 e. The molecular weight excluding hydrogens is 547 g/mol. The van der Waals surface area contributed by atoms with Crippen LogP contribution in [0.1, 0.15) is 58.9 Å². The highest BCUT2D eigenvalue weighted by Crippen LogP contribution is 2.32. The van der Waals surface area contributed by atoms with Crippen molar-refractivity contribution in [1.29, 1.82) is 0 Å². The summed E-state index contributed by atoms with van der Waals surface area (Å²) in [4.78, 5) is 7.20. The first-order valence-electron chi connectivity index (χ1n) is 13.8. The van der Waals surface area contributed by atoms with Gasteiger partial charge < -0.3 is 26.9 Å². The van der Waals surface area contributed by atoms with E-state index >= 15 is 0 Å². The first-order chi connectivity index (χ1) is 19.0. The predicted octanol–water partition coefficient (Wildman–Crippen LogP) is 5.56. The number of hydrogen-bond donors (Lipinski definition) is 4. The Bertz CT molecular complexity index is 1110. The third-order valence-corrected chi connectivity index (χ3v) is 8.17. The Morgan fingerprint density at radius 3 is 2.67 bits per heavy atom. The van der Waals surface area contributed by atoms with E-state index in [-0.39, 0.29) is 6.61 Å². The van der Waals surface area contributed by atoms with Gasteiger partial charge in [0, 0.05) is 34.5 Å². The van der Waals surface area contributed by atoms with Gasteiger partial charge >= 0.3 is 0 Å². The van der Waals surface area contributed by atoms with Gasteiger partial charge in [-0.25, -0.2) is 9.38 Å². The zero-order chi connectivity index (χ0) is 29.7. The molecule has 1 aliphatic rings. The fourth-order valence-electron chi connectivity index (χ4n) is 4.39. The Balaban J connectivity index is 2.26. The van der Waals surface area contributed by atoms with Crippen molar-refractivity contribution in [3.8, 4) is 0 Å². The van der Waals surface area contributed by atoms with Crippen LogP contribution in [0.4, 0.5) is 4.39 Å². The molecule has 6 N–H and O–H groups in total. The molecule has 0 atom stereocenters. The summed E-state index contributed by atoms with van der Waals surface area (Å²) in [5.74, 6) is 5.98. The molecule has 0 unspecified atom stereocenters. The van der Waals surface area contributed by atoms with Gasteiger partial charge in [0.05, 0.1) is 18.0 Å². The molecule has 1 aromatic rings. The molecule has 0 bridgehead atoms. The second kappa shape index (κ2) is 16.9. The van der Waals surface area contributed by atoms with E-state index in [2.05, 4.69) is 35.4 Å². The largest absolute Gasteiger partial charge is 0.405 e. The highest BCUT2D eigenvalue weighted by Gasteiger charge is 2.28. The summed E-state index contributed by atoms with van der Waals surface area (Å²) >= 11 is 7.43. The SMILES string of the molecule is CCCN(C)CCNC1CC(C/C=C(\C=C/N)/N=C(/C=C(\C)c2cc(Cl)ccc2F)C(=NN)SC(C)(C)CO)C1. The number of rotatable bonds is 15. The van der Waals surface area contributed by atoms with Crippen LogP contribution in [-0.4, -0.2) is 64.8 Å². The molecule has 2 rings (SSSR count). The van der Waals surface area contributed by atoms with E-state index in [0.29, 0.717) is 44.6 Å². The van der Waals surface area contributed by atoms with E-state index in [1.54, 1.807) is 25.1 Å². The maximum Gasteiger partial charge on any atom is 0.142 e. The summed E-state index contributed by atoms with van der Waals surface area (Å²) in [6.07, 6.45) is 11.2. The number of nitrogens with zero attached hydrogens (tertiary/aromatic N) is 3. The van der Waals surface area contributed by atoms with Crippen LogP contribution in [0, 0.1) is 11.7 Å². The fraction of sp³-hybridized carbons (Fsp3) is 0.533. The molecule has 1 aliphatic carbocycles. The average Bonchev–Trinajstić information content (AvgIpc) is 2.89. The molecular formula is C30H46ClFN6OS. The molecule has 1 fully saturated rings. The van der Waals surface area contributed by atoms with Crippen LogP contribution in [0.15, 0.2) is 58.4 Å². The van der Waals surface area contributed by atoms with Crippen molar-refractivity contribution < 1.29 is 9.50 Å². The number of hydrazone groups is 1. The van der Waals surface area contributed by atoms with Crippen LogP contribution in [-0.2, 0) is 0 Å². The first-order valence-corrected chi connectivity index (χ1v) is 15.0. The van der Waals surface area contributed by atoms with Crippen molar-refractivity contribution in [2.45, 2.75) is 64.2 Å². The van der Waals surface area contributed by atoms with E-state index in [1.807, 2.05) is 13.8 Å². The van der Waals surface area contributed by atoms with Gasteiger partial charge in [0.15, 0.2) is 0 Å². The summed E-state index contributed by atoms with van der Waals surface area (Å²) in [5, 5.41) is 18.3. The van der Waals surface area contributed by atoms with Crippen molar-refractivity contribution in [2.75, 3.05) is 33.3 Å². The van der Waals surface area contributed by atoms with E-state index in [4.69, 9.17) is 28.2 Å². The summed E-state index contributed by atoms with van der Waals surface area (Å²) < 4.78 is 14.1. The zero-order valence-electron chi connectivity index (χ0n) is 24.5. The van der Waals surface area contributed by atoms with Gasteiger partial charge in [0.1, 0.15) is 10.9 Å². The lowest BCUT2D eigenvalue weighted by Crippen LogP contribution is -2.43. The van der Waals surface area contributed by atoms with Crippen molar-refractivity contribution >= 4 is 39.7 Å². The molecule has 0 spiro atoms. The van der Waals surface area contributed by atoms with E-state index in [9.17, 15) is 9.50 Å². The Morgan fingerprint density at radius 1 is 1.32 bits per heavy atom. The van der Waals surface area contributed by atoms with Gasteiger partial charge in [-0.2, -0.15) is 5.10 Å². The van der Waals surface area contributed by atoms with Gasteiger partial charge in [0.2, 0.25) is 0 Å². The van der Waals surface area contributed by atoms with Gasteiger partial charge in [-0.1, -0.05) is 36.4 Å². The Hall–Kier alpha value is -2.17. The van der Waals surface area contributed by atoms with E-state index in [0.717, 1.165) is 38.9 Å². The second-order valence-corrected chi connectivity index (χ2v) is 13.1. The summed E-state index contributed by atoms with van der Waals surface area (Å²) in [6, 6.07) is 4.96. The summed E-state index contributed by atoms with van der Waals surface area (Å²) in [5.41, 5.74) is 7.83. The van der Waals surface area contributed by atoms with Crippen LogP contribution in [0.25, 0.3) is 5.57 Å². The molecule has 40 heavy (non-hydrogen) atoms. The molecule has 7 nitrogen and oxygen atoms in total. The number of halogens is 2. The number of allylic oxidation sites excluding steroid dienone is 4. The Labute approximate surface area is 248 Å². The van der Waals surface area contributed by atoms with Gasteiger partial charge in [-0.3, -0.25) is 0 Å². The third kappa shape index (κ3) is 11.4. The van der Waals surface area contributed by atoms with Crippen LogP contribution in [0.2, 0.25) is 5.02 Å².